The minimum atomic E-state index is -0.311. The van der Waals surface area contributed by atoms with Crippen molar-refractivity contribution in [2.24, 2.45) is 0 Å². The van der Waals surface area contributed by atoms with Crippen molar-refractivity contribution in [3.63, 3.8) is 0 Å². The maximum Gasteiger partial charge on any atom is 0.339 e. The average Bonchev–Trinajstić information content (AvgIpc) is 2.39. The number of anilines is 1. The van der Waals surface area contributed by atoms with Crippen LogP contribution < -0.4 is 10.2 Å². The summed E-state index contributed by atoms with van der Waals surface area (Å²) in [5.74, 6) is -0.311. The first kappa shape index (κ1) is 15.3. The highest BCUT2D eigenvalue weighted by atomic mass is 79.9. The number of rotatable bonds is 2. The molecule has 0 aliphatic carbocycles. The van der Waals surface area contributed by atoms with E-state index < -0.39 is 0 Å². The second-order valence-corrected chi connectivity index (χ2v) is 4.75. The first-order valence-corrected chi connectivity index (χ1v) is 6.35. The molecule has 2 rings (SSSR count). The van der Waals surface area contributed by atoms with Gasteiger partial charge < -0.3 is 15.0 Å². The van der Waals surface area contributed by atoms with Crippen molar-refractivity contribution in [3.8, 4) is 0 Å². The summed E-state index contributed by atoms with van der Waals surface area (Å²) in [6, 6.07) is 5.78. The third kappa shape index (κ3) is 3.37. The van der Waals surface area contributed by atoms with E-state index in [2.05, 4.69) is 26.1 Å². The van der Waals surface area contributed by atoms with Gasteiger partial charge in [-0.05, 0) is 34.1 Å². The number of benzene rings is 1. The van der Waals surface area contributed by atoms with Crippen LogP contribution in [0.1, 0.15) is 10.4 Å². The van der Waals surface area contributed by atoms with Crippen LogP contribution in [-0.4, -0.2) is 39.3 Å². The van der Waals surface area contributed by atoms with Crippen molar-refractivity contribution in [3.05, 3.63) is 28.2 Å². The van der Waals surface area contributed by atoms with Crippen LogP contribution in [0.2, 0.25) is 0 Å². The number of nitrogens with zero attached hydrogens (tertiary/aromatic N) is 1. The van der Waals surface area contributed by atoms with Gasteiger partial charge in [0, 0.05) is 36.3 Å². The summed E-state index contributed by atoms with van der Waals surface area (Å²) >= 11 is 3.36. The summed E-state index contributed by atoms with van der Waals surface area (Å²) < 4.78 is 5.53. The van der Waals surface area contributed by atoms with Crippen LogP contribution in [0.15, 0.2) is 22.7 Å². The molecule has 0 bridgehead atoms. The van der Waals surface area contributed by atoms with Crippen molar-refractivity contribution in [1.29, 1.82) is 0 Å². The number of ether oxygens (including phenoxy) is 1. The topological polar surface area (TPSA) is 41.6 Å². The quantitative estimate of drug-likeness (QED) is 0.840. The van der Waals surface area contributed by atoms with E-state index in [1.54, 1.807) is 0 Å². The summed E-state index contributed by atoms with van der Waals surface area (Å²) in [6.45, 7) is 3.87. The lowest BCUT2D eigenvalue weighted by Gasteiger charge is -2.29. The molecule has 0 aromatic heterocycles. The lowest BCUT2D eigenvalue weighted by Crippen LogP contribution is -2.43. The Balaban J connectivity index is 0.00000162. The van der Waals surface area contributed by atoms with Gasteiger partial charge in [-0.3, -0.25) is 0 Å². The zero-order valence-corrected chi connectivity index (χ0v) is 12.5. The lowest BCUT2D eigenvalue weighted by atomic mass is 10.1. The second kappa shape index (κ2) is 6.97. The molecule has 6 heteroatoms. The summed E-state index contributed by atoms with van der Waals surface area (Å²) in [5.41, 5.74) is 1.64. The molecule has 0 radical (unpaired) electrons. The fourth-order valence-electron chi connectivity index (χ4n) is 1.90. The predicted octanol–water partition coefficient (Wildman–Crippen LogP) is 2.07. The van der Waals surface area contributed by atoms with Crippen LogP contribution in [0.5, 0.6) is 0 Å². The molecule has 1 aliphatic heterocycles. The van der Waals surface area contributed by atoms with Crippen molar-refractivity contribution in [2.75, 3.05) is 38.2 Å². The van der Waals surface area contributed by atoms with E-state index in [4.69, 9.17) is 4.74 Å². The maximum absolute atomic E-state index is 11.6. The molecule has 1 aliphatic rings. The molecule has 1 saturated heterocycles. The van der Waals surface area contributed by atoms with Crippen LogP contribution >= 0.6 is 28.3 Å². The molecular weight excluding hydrogens is 320 g/mol. The number of carbonyl (C=O) groups is 1. The SMILES string of the molecule is COC(=O)c1cc(N2CCNCC2)ccc1Br.Cl. The van der Waals surface area contributed by atoms with Crippen molar-refractivity contribution < 1.29 is 9.53 Å². The highest BCUT2D eigenvalue weighted by Gasteiger charge is 2.15. The summed E-state index contributed by atoms with van der Waals surface area (Å²) in [4.78, 5) is 13.8. The standard InChI is InChI=1S/C12H15BrN2O2.ClH/c1-17-12(16)10-8-9(2-3-11(10)13)15-6-4-14-5-7-15;/h2-3,8,14H,4-7H2,1H3;1H. The van der Waals surface area contributed by atoms with Gasteiger partial charge in [-0.25, -0.2) is 4.79 Å². The fourth-order valence-corrected chi connectivity index (χ4v) is 2.31. The van der Waals surface area contributed by atoms with Crippen LogP contribution in [0, 0.1) is 0 Å². The van der Waals surface area contributed by atoms with Crippen LogP contribution in [0.25, 0.3) is 0 Å². The Morgan fingerprint density at radius 1 is 1.39 bits per heavy atom. The van der Waals surface area contributed by atoms with Gasteiger partial charge in [-0.15, -0.1) is 12.4 Å². The van der Waals surface area contributed by atoms with Gasteiger partial charge in [0.2, 0.25) is 0 Å². The van der Waals surface area contributed by atoms with E-state index >= 15 is 0 Å². The van der Waals surface area contributed by atoms with E-state index in [0.29, 0.717) is 5.56 Å². The minimum Gasteiger partial charge on any atom is -0.465 e. The number of esters is 1. The van der Waals surface area contributed by atoms with Gasteiger partial charge in [-0.2, -0.15) is 0 Å². The zero-order chi connectivity index (χ0) is 12.3. The lowest BCUT2D eigenvalue weighted by molar-refractivity contribution is 0.0599. The van der Waals surface area contributed by atoms with E-state index in [1.165, 1.54) is 7.11 Å². The summed E-state index contributed by atoms with van der Waals surface area (Å²) in [7, 11) is 1.40. The maximum atomic E-state index is 11.6. The Kier molecular flexibility index (Phi) is 5.91. The number of nitrogens with one attached hydrogen (secondary N) is 1. The summed E-state index contributed by atoms with van der Waals surface area (Å²) in [6.07, 6.45) is 0. The number of carbonyl (C=O) groups excluding carboxylic acids is 1. The van der Waals surface area contributed by atoms with Crippen LogP contribution in [0.3, 0.4) is 0 Å². The van der Waals surface area contributed by atoms with Gasteiger partial charge in [-0.1, -0.05) is 0 Å². The van der Waals surface area contributed by atoms with Crippen molar-refractivity contribution >= 4 is 40.0 Å². The number of methoxy groups -OCH3 is 1. The highest BCUT2D eigenvalue weighted by molar-refractivity contribution is 9.10. The molecular formula is C12H16BrClN2O2. The molecule has 1 aromatic rings. The Labute approximate surface area is 121 Å². The molecule has 0 saturated carbocycles. The van der Waals surface area contributed by atoms with Crippen LogP contribution in [0.4, 0.5) is 5.69 Å². The largest absolute Gasteiger partial charge is 0.465 e. The van der Waals surface area contributed by atoms with Crippen LogP contribution in [-0.2, 0) is 4.74 Å². The van der Waals surface area contributed by atoms with E-state index in [-0.39, 0.29) is 18.4 Å². The number of hydrogen-bond acceptors (Lipinski definition) is 4. The first-order valence-electron chi connectivity index (χ1n) is 5.56. The third-order valence-electron chi connectivity index (χ3n) is 2.84. The Morgan fingerprint density at radius 3 is 2.67 bits per heavy atom. The molecule has 1 heterocycles. The first-order chi connectivity index (χ1) is 8.22. The molecule has 4 nitrogen and oxygen atoms in total. The van der Waals surface area contributed by atoms with Crippen molar-refractivity contribution in [2.45, 2.75) is 0 Å². The highest BCUT2D eigenvalue weighted by Crippen LogP contribution is 2.24. The van der Waals surface area contributed by atoms with Crippen molar-refractivity contribution in [1.82, 2.24) is 5.32 Å². The van der Waals surface area contributed by atoms with E-state index in [1.807, 2.05) is 18.2 Å². The normalized spacial score (nSPS) is 14.9. The monoisotopic (exact) mass is 334 g/mol. The molecule has 1 fully saturated rings. The second-order valence-electron chi connectivity index (χ2n) is 3.89. The molecule has 0 unspecified atom stereocenters. The average molecular weight is 336 g/mol. The van der Waals surface area contributed by atoms with Gasteiger partial charge in [0.15, 0.2) is 0 Å². The number of halogens is 2. The predicted molar refractivity (Wildman–Crippen MR) is 77.8 cm³/mol. The van der Waals surface area contributed by atoms with Gasteiger partial charge >= 0.3 is 5.97 Å². The molecule has 1 aromatic carbocycles. The van der Waals surface area contributed by atoms with E-state index in [9.17, 15) is 4.79 Å². The smallest absolute Gasteiger partial charge is 0.339 e. The molecule has 0 spiro atoms. The number of hydrogen-bond donors (Lipinski definition) is 1. The fraction of sp³-hybridized carbons (Fsp3) is 0.417. The Hall–Kier alpha value is -0.780. The van der Waals surface area contributed by atoms with Gasteiger partial charge in [0.25, 0.3) is 0 Å². The van der Waals surface area contributed by atoms with E-state index in [0.717, 1.165) is 36.3 Å². The minimum absolute atomic E-state index is 0. The molecule has 18 heavy (non-hydrogen) atoms. The molecule has 1 N–H and O–H groups in total. The third-order valence-corrected chi connectivity index (χ3v) is 3.53. The zero-order valence-electron chi connectivity index (χ0n) is 10.1. The summed E-state index contributed by atoms with van der Waals surface area (Å²) in [5, 5.41) is 3.30. The Bertz CT molecular complexity index is 423. The Morgan fingerprint density at radius 2 is 2.06 bits per heavy atom. The molecule has 0 atom stereocenters. The number of piperazine rings is 1. The van der Waals surface area contributed by atoms with Gasteiger partial charge in [0.05, 0.1) is 12.7 Å². The molecule has 0 amide bonds. The molecule has 100 valence electrons. The van der Waals surface area contributed by atoms with Gasteiger partial charge in [0.1, 0.15) is 0 Å².